The first-order valence-electron chi connectivity index (χ1n) is 10.1. The van der Waals surface area contributed by atoms with Gasteiger partial charge in [-0.2, -0.15) is 0 Å². The predicted octanol–water partition coefficient (Wildman–Crippen LogP) is 3.92. The molecule has 0 bridgehead atoms. The number of carbonyl (C=O) groups excluding carboxylic acids is 1. The fraction of sp³-hybridized carbons (Fsp3) is 0.364. The molecule has 1 fully saturated rings. The van der Waals surface area contributed by atoms with Crippen molar-refractivity contribution in [3.8, 4) is 22.1 Å². The highest BCUT2D eigenvalue weighted by atomic mass is 32.1. The highest BCUT2D eigenvalue weighted by Crippen LogP contribution is 2.28. The highest BCUT2D eigenvalue weighted by Gasteiger charge is 2.22. The van der Waals surface area contributed by atoms with Crippen LogP contribution in [0, 0.1) is 0 Å². The van der Waals surface area contributed by atoms with Gasteiger partial charge >= 0.3 is 6.03 Å². The lowest BCUT2D eigenvalue weighted by Crippen LogP contribution is -2.51. The molecule has 0 aliphatic carbocycles. The zero-order valence-electron chi connectivity index (χ0n) is 17.7. The third-order valence-electron chi connectivity index (χ3n) is 5.24. The summed E-state index contributed by atoms with van der Waals surface area (Å²) in [7, 11) is 3.21. The second kappa shape index (κ2) is 10.1. The lowest BCUT2D eigenvalue weighted by molar-refractivity contribution is 0.135. The van der Waals surface area contributed by atoms with Crippen LogP contribution in [0.5, 0.6) is 11.5 Å². The zero-order chi connectivity index (χ0) is 21.6. The van der Waals surface area contributed by atoms with E-state index in [4.69, 9.17) is 14.5 Å². The smallest absolute Gasteiger partial charge is 0.317 e. The van der Waals surface area contributed by atoms with Gasteiger partial charge in [-0.3, -0.25) is 4.90 Å². The molecule has 0 unspecified atom stereocenters. The van der Waals surface area contributed by atoms with E-state index in [1.165, 1.54) is 4.88 Å². The normalized spacial score (nSPS) is 14.5. The van der Waals surface area contributed by atoms with Gasteiger partial charge in [0.05, 0.1) is 31.3 Å². The number of methoxy groups -OCH3 is 2. The van der Waals surface area contributed by atoms with E-state index in [9.17, 15) is 4.79 Å². The van der Waals surface area contributed by atoms with Gasteiger partial charge in [0.2, 0.25) is 0 Å². The van der Waals surface area contributed by atoms with Gasteiger partial charge in [0.15, 0.2) is 11.5 Å². The first-order chi connectivity index (χ1) is 15.2. The van der Waals surface area contributed by atoms with Crippen molar-refractivity contribution in [1.82, 2.24) is 20.1 Å². The maximum Gasteiger partial charge on any atom is 0.317 e. The van der Waals surface area contributed by atoms with Gasteiger partial charge in [-0.05, 0) is 29.1 Å². The molecule has 1 aliphatic rings. The Labute approximate surface area is 190 Å². The Hall–Kier alpha value is -2.62. The number of thiophene rings is 1. The summed E-state index contributed by atoms with van der Waals surface area (Å²) in [5.41, 5.74) is 2.03. The SMILES string of the molecule is COc1ccc(CNC(=O)N2CCN(Cc3nc(-c4cccs4)cs3)CC2)cc1OC. The number of piperazine rings is 1. The van der Waals surface area contributed by atoms with Gasteiger partial charge in [0.25, 0.3) is 0 Å². The van der Waals surface area contributed by atoms with E-state index in [-0.39, 0.29) is 6.03 Å². The Bertz CT molecular complexity index is 998. The maximum atomic E-state index is 12.6. The molecular formula is C22H26N4O3S2. The first kappa shape index (κ1) is 21.6. The molecule has 0 atom stereocenters. The number of amides is 2. The third kappa shape index (κ3) is 5.36. The van der Waals surface area contributed by atoms with Crippen LogP contribution in [0.2, 0.25) is 0 Å². The summed E-state index contributed by atoms with van der Waals surface area (Å²) < 4.78 is 10.6. The van der Waals surface area contributed by atoms with Gasteiger partial charge in [0.1, 0.15) is 5.01 Å². The van der Waals surface area contributed by atoms with Gasteiger partial charge in [-0.1, -0.05) is 12.1 Å². The van der Waals surface area contributed by atoms with Crippen molar-refractivity contribution < 1.29 is 14.3 Å². The van der Waals surface area contributed by atoms with Crippen LogP contribution in [-0.2, 0) is 13.1 Å². The fourth-order valence-corrected chi connectivity index (χ4v) is 5.10. The lowest BCUT2D eigenvalue weighted by Gasteiger charge is -2.34. The Kier molecular flexibility index (Phi) is 7.06. The van der Waals surface area contributed by atoms with E-state index in [0.717, 1.165) is 35.9 Å². The second-order valence-electron chi connectivity index (χ2n) is 7.22. The number of nitrogens with one attached hydrogen (secondary N) is 1. The van der Waals surface area contributed by atoms with Crippen molar-refractivity contribution in [3.05, 3.63) is 51.7 Å². The number of aromatic nitrogens is 1. The molecule has 0 saturated carbocycles. The van der Waals surface area contributed by atoms with Crippen LogP contribution in [0.25, 0.3) is 10.6 Å². The van der Waals surface area contributed by atoms with E-state index < -0.39 is 0 Å². The van der Waals surface area contributed by atoms with Crippen LogP contribution >= 0.6 is 22.7 Å². The molecule has 9 heteroatoms. The van der Waals surface area contributed by atoms with Crippen LogP contribution in [-0.4, -0.2) is 61.2 Å². The first-order valence-corrected chi connectivity index (χ1v) is 11.9. The van der Waals surface area contributed by atoms with Gasteiger partial charge in [-0.15, -0.1) is 22.7 Å². The molecule has 1 saturated heterocycles. The average molecular weight is 459 g/mol. The molecule has 3 aromatic rings. The molecule has 7 nitrogen and oxygen atoms in total. The zero-order valence-corrected chi connectivity index (χ0v) is 19.3. The molecular weight excluding hydrogens is 432 g/mol. The quantitative estimate of drug-likeness (QED) is 0.581. The summed E-state index contributed by atoms with van der Waals surface area (Å²) in [5.74, 6) is 1.34. The van der Waals surface area contributed by atoms with Crippen LogP contribution in [0.3, 0.4) is 0 Å². The highest BCUT2D eigenvalue weighted by molar-refractivity contribution is 7.14. The van der Waals surface area contributed by atoms with Crippen LogP contribution in [0.15, 0.2) is 41.1 Å². The molecule has 2 amide bonds. The number of hydrogen-bond donors (Lipinski definition) is 1. The predicted molar refractivity (Wildman–Crippen MR) is 124 cm³/mol. The number of urea groups is 1. The largest absolute Gasteiger partial charge is 0.493 e. The molecule has 0 radical (unpaired) electrons. The summed E-state index contributed by atoms with van der Waals surface area (Å²) in [6.45, 7) is 4.39. The number of benzene rings is 1. The Morgan fingerprint density at radius 3 is 2.61 bits per heavy atom. The monoisotopic (exact) mass is 458 g/mol. The van der Waals surface area contributed by atoms with Crippen molar-refractivity contribution in [1.29, 1.82) is 0 Å². The van der Waals surface area contributed by atoms with Crippen molar-refractivity contribution in [2.24, 2.45) is 0 Å². The molecule has 164 valence electrons. The molecule has 3 heterocycles. The molecule has 1 aromatic carbocycles. The van der Waals surface area contributed by atoms with Crippen molar-refractivity contribution in [2.45, 2.75) is 13.1 Å². The van der Waals surface area contributed by atoms with Gasteiger partial charge < -0.3 is 19.7 Å². The fourth-order valence-electron chi connectivity index (χ4n) is 3.50. The number of nitrogens with zero attached hydrogens (tertiary/aromatic N) is 3. The maximum absolute atomic E-state index is 12.6. The number of carbonyl (C=O) groups is 1. The molecule has 2 aromatic heterocycles. The minimum Gasteiger partial charge on any atom is -0.493 e. The summed E-state index contributed by atoms with van der Waals surface area (Å²) >= 11 is 3.41. The van der Waals surface area contributed by atoms with Crippen molar-refractivity contribution in [3.63, 3.8) is 0 Å². The minimum atomic E-state index is -0.0383. The lowest BCUT2D eigenvalue weighted by atomic mass is 10.2. The molecule has 31 heavy (non-hydrogen) atoms. The standard InChI is InChI=1S/C22H26N4O3S2/c1-28-18-6-5-16(12-19(18)29-2)13-23-22(27)26-9-7-25(8-10-26)14-21-24-17(15-31-21)20-4-3-11-30-20/h3-6,11-12,15H,7-10,13-14H2,1-2H3,(H,23,27). The van der Waals surface area contributed by atoms with Gasteiger partial charge in [-0.25, -0.2) is 9.78 Å². The molecule has 4 rings (SSSR count). The van der Waals surface area contributed by atoms with E-state index in [1.807, 2.05) is 23.1 Å². The van der Waals surface area contributed by atoms with E-state index in [0.29, 0.717) is 31.1 Å². The number of rotatable bonds is 7. The average Bonchev–Trinajstić information content (AvgIpc) is 3.50. The van der Waals surface area contributed by atoms with E-state index >= 15 is 0 Å². The Balaban J connectivity index is 1.24. The van der Waals surface area contributed by atoms with E-state index in [2.05, 4.69) is 33.1 Å². The summed E-state index contributed by atoms with van der Waals surface area (Å²) in [5, 5.41) is 8.32. The Morgan fingerprint density at radius 1 is 1.10 bits per heavy atom. The molecule has 1 N–H and O–H groups in total. The van der Waals surface area contributed by atoms with E-state index in [1.54, 1.807) is 36.9 Å². The summed E-state index contributed by atoms with van der Waals surface area (Å²) in [6.07, 6.45) is 0. The van der Waals surface area contributed by atoms with Crippen LogP contribution < -0.4 is 14.8 Å². The molecule has 1 aliphatic heterocycles. The summed E-state index contributed by atoms with van der Waals surface area (Å²) in [6, 6.07) is 9.77. The minimum absolute atomic E-state index is 0.0383. The number of hydrogen-bond acceptors (Lipinski definition) is 7. The number of thiazole rings is 1. The van der Waals surface area contributed by atoms with Crippen molar-refractivity contribution >= 4 is 28.7 Å². The molecule has 0 spiro atoms. The third-order valence-corrected chi connectivity index (χ3v) is 6.96. The van der Waals surface area contributed by atoms with Crippen molar-refractivity contribution in [2.75, 3.05) is 40.4 Å². The second-order valence-corrected chi connectivity index (χ2v) is 9.11. The van der Waals surface area contributed by atoms with Gasteiger partial charge in [0, 0.05) is 38.1 Å². The topological polar surface area (TPSA) is 66.9 Å². The van der Waals surface area contributed by atoms with Crippen LogP contribution in [0.4, 0.5) is 4.79 Å². The van der Waals surface area contributed by atoms with Crippen LogP contribution in [0.1, 0.15) is 10.6 Å². The number of ether oxygens (including phenoxy) is 2. The summed E-state index contributed by atoms with van der Waals surface area (Å²) in [4.78, 5) is 22.8. The Morgan fingerprint density at radius 2 is 1.90 bits per heavy atom.